The van der Waals surface area contributed by atoms with Crippen LogP contribution in [0.2, 0.25) is 0 Å². The first-order valence-corrected chi connectivity index (χ1v) is 13.0. The molecule has 218 valence electrons. The average Bonchev–Trinajstić information content (AvgIpc) is 3.48. The van der Waals surface area contributed by atoms with E-state index in [-0.39, 0.29) is 24.3 Å². The van der Waals surface area contributed by atoms with E-state index in [2.05, 4.69) is 15.8 Å². The molecule has 0 radical (unpaired) electrons. The molecular formula is C29H32F2N4O6. The highest BCUT2D eigenvalue weighted by molar-refractivity contribution is 5.97. The van der Waals surface area contributed by atoms with E-state index in [1.807, 2.05) is 0 Å². The summed E-state index contributed by atoms with van der Waals surface area (Å²) in [5.74, 6) is -4.99. The number of carbonyl (C=O) groups is 3. The van der Waals surface area contributed by atoms with Crippen molar-refractivity contribution in [3.63, 3.8) is 0 Å². The number of aromatic nitrogens is 1. The number of aryl methyl sites for hydroxylation is 2. The Labute approximate surface area is 235 Å². The van der Waals surface area contributed by atoms with Gasteiger partial charge >= 0.3 is 0 Å². The first-order valence-electron chi connectivity index (χ1n) is 13.0. The Morgan fingerprint density at radius 2 is 1.80 bits per heavy atom. The van der Waals surface area contributed by atoms with E-state index in [0.717, 1.165) is 0 Å². The Morgan fingerprint density at radius 1 is 1.12 bits per heavy atom. The molecule has 3 amide bonds. The molecule has 0 bridgehead atoms. The monoisotopic (exact) mass is 570 g/mol. The summed E-state index contributed by atoms with van der Waals surface area (Å²) in [4.78, 5) is 40.3. The van der Waals surface area contributed by atoms with Gasteiger partial charge in [-0.25, -0.2) is 8.78 Å². The zero-order valence-corrected chi connectivity index (χ0v) is 22.9. The third-order valence-corrected chi connectivity index (χ3v) is 6.99. The Bertz CT molecular complexity index is 1360. The highest BCUT2D eigenvalue weighted by atomic mass is 19.3. The molecule has 0 saturated carbocycles. The number of ether oxygens (including phenoxy) is 1. The Hall–Kier alpha value is -4.32. The second-order valence-corrected chi connectivity index (χ2v) is 10.0. The number of carbonyl (C=O) groups excluding carboxylic acids is 3. The van der Waals surface area contributed by atoms with Gasteiger partial charge in [-0.05, 0) is 43.5 Å². The minimum absolute atomic E-state index is 0.0153. The molecular weight excluding hydrogens is 538 g/mol. The lowest BCUT2D eigenvalue weighted by Crippen LogP contribution is -2.56. The second-order valence-electron chi connectivity index (χ2n) is 10.0. The number of likely N-dealkylation sites (tertiary alicyclic amines) is 1. The number of amides is 3. The number of aliphatic hydroxyl groups is 1. The number of alkyl halides is 2. The predicted molar refractivity (Wildman–Crippen MR) is 143 cm³/mol. The van der Waals surface area contributed by atoms with Crippen molar-refractivity contribution < 1.29 is 37.5 Å². The van der Waals surface area contributed by atoms with Gasteiger partial charge in [-0.2, -0.15) is 0 Å². The number of hydrogen-bond acceptors (Lipinski definition) is 7. The van der Waals surface area contributed by atoms with E-state index in [9.17, 15) is 28.3 Å². The molecule has 1 aromatic heterocycles. The molecule has 12 heteroatoms. The SMILES string of the molecule is COc1ccc(CNC(=O)[C@@H]2CC(F)(F)CN2C(=O)[C@@H](O)[C@H](Cc2ccccc2)NC(=O)c2c(C)noc2C)cc1. The zero-order chi connectivity index (χ0) is 29.7. The van der Waals surface area contributed by atoms with Crippen molar-refractivity contribution in [3.05, 3.63) is 82.7 Å². The molecule has 1 aliphatic heterocycles. The van der Waals surface area contributed by atoms with Gasteiger partial charge in [-0.3, -0.25) is 14.4 Å². The molecule has 0 unspecified atom stereocenters. The molecule has 2 aromatic carbocycles. The number of halogens is 2. The topological polar surface area (TPSA) is 134 Å². The zero-order valence-electron chi connectivity index (χ0n) is 22.9. The van der Waals surface area contributed by atoms with Gasteiger partial charge in [-0.15, -0.1) is 0 Å². The molecule has 1 fully saturated rings. The minimum Gasteiger partial charge on any atom is -0.497 e. The summed E-state index contributed by atoms with van der Waals surface area (Å²) < 4.78 is 39.3. The third-order valence-electron chi connectivity index (χ3n) is 6.99. The van der Waals surface area contributed by atoms with Gasteiger partial charge in [0.05, 0.1) is 25.4 Å². The second kappa shape index (κ2) is 12.5. The highest BCUT2D eigenvalue weighted by Gasteiger charge is 2.51. The largest absolute Gasteiger partial charge is 0.497 e. The number of methoxy groups -OCH3 is 1. The van der Waals surface area contributed by atoms with Gasteiger partial charge in [0, 0.05) is 13.0 Å². The summed E-state index contributed by atoms with van der Waals surface area (Å²) in [5, 5.41) is 20.2. The van der Waals surface area contributed by atoms with E-state index in [1.165, 1.54) is 7.11 Å². The van der Waals surface area contributed by atoms with Crippen LogP contribution in [0.1, 0.15) is 39.4 Å². The van der Waals surface area contributed by atoms with Crippen LogP contribution in [0, 0.1) is 13.8 Å². The lowest BCUT2D eigenvalue weighted by molar-refractivity contribution is -0.147. The molecule has 1 aliphatic rings. The molecule has 0 spiro atoms. The molecule has 41 heavy (non-hydrogen) atoms. The first-order chi connectivity index (χ1) is 19.5. The summed E-state index contributed by atoms with van der Waals surface area (Å²) in [6, 6.07) is 12.9. The Kier molecular flexibility index (Phi) is 9.01. The van der Waals surface area contributed by atoms with Crippen LogP contribution in [0.5, 0.6) is 5.75 Å². The fraction of sp³-hybridized carbons (Fsp3) is 0.379. The van der Waals surface area contributed by atoms with Crippen LogP contribution >= 0.6 is 0 Å². The summed E-state index contributed by atoms with van der Waals surface area (Å²) in [7, 11) is 1.52. The predicted octanol–water partition coefficient (Wildman–Crippen LogP) is 2.55. The van der Waals surface area contributed by atoms with Crippen LogP contribution in [0.25, 0.3) is 0 Å². The first kappa shape index (κ1) is 29.7. The molecule has 10 nitrogen and oxygen atoms in total. The van der Waals surface area contributed by atoms with Crippen LogP contribution in [0.15, 0.2) is 59.1 Å². The fourth-order valence-electron chi connectivity index (χ4n) is 4.83. The summed E-state index contributed by atoms with van der Waals surface area (Å²) >= 11 is 0. The van der Waals surface area contributed by atoms with Gasteiger partial charge in [0.25, 0.3) is 17.7 Å². The maximum atomic E-state index is 14.6. The van der Waals surface area contributed by atoms with Gasteiger partial charge in [0.1, 0.15) is 23.1 Å². The van der Waals surface area contributed by atoms with Crippen LogP contribution in [0.4, 0.5) is 8.78 Å². The van der Waals surface area contributed by atoms with Crippen molar-refractivity contribution in [2.24, 2.45) is 0 Å². The van der Waals surface area contributed by atoms with E-state index < -0.39 is 54.8 Å². The molecule has 4 rings (SSSR count). The highest BCUT2D eigenvalue weighted by Crippen LogP contribution is 2.33. The van der Waals surface area contributed by atoms with E-state index in [0.29, 0.717) is 27.5 Å². The number of benzene rings is 2. The molecule has 1 saturated heterocycles. The summed E-state index contributed by atoms with van der Waals surface area (Å²) in [6.07, 6.45) is -2.80. The van der Waals surface area contributed by atoms with Gasteiger partial charge in [-0.1, -0.05) is 47.6 Å². The van der Waals surface area contributed by atoms with Gasteiger partial charge < -0.3 is 29.9 Å². The number of aliphatic hydroxyl groups excluding tert-OH is 1. The van der Waals surface area contributed by atoms with Gasteiger partial charge in [0.15, 0.2) is 6.10 Å². The third kappa shape index (κ3) is 7.07. The summed E-state index contributed by atoms with van der Waals surface area (Å²) in [6.45, 7) is 2.11. The van der Waals surface area contributed by atoms with Crippen LogP contribution in [0.3, 0.4) is 0 Å². The molecule has 2 heterocycles. The number of nitrogens with zero attached hydrogens (tertiary/aromatic N) is 2. The van der Waals surface area contributed by atoms with Crippen molar-refractivity contribution in [2.75, 3.05) is 13.7 Å². The van der Waals surface area contributed by atoms with E-state index >= 15 is 0 Å². The maximum absolute atomic E-state index is 14.6. The lowest BCUT2D eigenvalue weighted by atomic mass is 9.99. The average molecular weight is 571 g/mol. The van der Waals surface area contributed by atoms with Crippen LogP contribution in [-0.2, 0) is 22.6 Å². The smallest absolute Gasteiger partial charge is 0.267 e. The molecule has 3 atom stereocenters. The van der Waals surface area contributed by atoms with Crippen molar-refractivity contribution in [2.45, 2.75) is 57.3 Å². The quantitative estimate of drug-likeness (QED) is 0.341. The number of nitrogens with one attached hydrogen (secondary N) is 2. The van der Waals surface area contributed by atoms with Crippen molar-refractivity contribution >= 4 is 17.7 Å². The Morgan fingerprint density at radius 3 is 2.41 bits per heavy atom. The minimum atomic E-state index is -3.34. The van der Waals surface area contributed by atoms with Crippen LogP contribution in [-0.4, -0.2) is 70.6 Å². The van der Waals surface area contributed by atoms with E-state index in [4.69, 9.17) is 9.26 Å². The van der Waals surface area contributed by atoms with Crippen LogP contribution < -0.4 is 15.4 Å². The van der Waals surface area contributed by atoms with E-state index in [1.54, 1.807) is 68.4 Å². The lowest BCUT2D eigenvalue weighted by Gasteiger charge is -2.30. The normalized spacial score (nSPS) is 17.5. The number of hydrogen-bond donors (Lipinski definition) is 3. The van der Waals surface area contributed by atoms with Crippen molar-refractivity contribution in [1.82, 2.24) is 20.7 Å². The molecule has 3 aromatic rings. The van der Waals surface area contributed by atoms with Crippen molar-refractivity contribution in [3.8, 4) is 5.75 Å². The standard InChI is InChI=1S/C29H32F2N4O6/c1-17-24(18(2)41-34-17)27(38)33-22(13-19-7-5-4-6-8-19)25(36)28(39)35-16-29(30,31)14-23(35)26(37)32-15-20-9-11-21(40-3)12-10-20/h4-12,22-23,25,36H,13-16H2,1-3H3,(H,32,37)(H,33,38)/t22-,23-,25-/m0/s1. The summed E-state index contributed by atoms with van der Waals surface area (Å²) in [5.41, 5.74) is 1.84. The fourth-order valence-corrected chi connectivity index (χ4v) is 4.83. The maximum Gasteiger partial charge on any atom is 0.267 e. The number of rotatable bonds is 10. The molecule has 0 aliphatic carbocycles. The Balaban J connectivity index is 1.52. The van der Waals surface area contributed by atoms with Crippen molar-refractivity contribution in [1.29, 1.82) is 0 Å². The molecule has 3 N–H and O–H groups in total. The van der Waals surface area contributed by atoms with Gasteiger partial charge in [0.2, 0.25) is 5.91 Å².